The highest BCUT2D eigenvalue weighted by atomic mass is 16.1. The van der Waals surface area contributed by atoms with Gasteiger partial charge in [0.05, 0.1) is 6.04 Å². The van der Waals surface area contributed by atoms with Crippen molar-refractivity contribution in [3.8, 4) is 0 Å². The Hall–Kier alpha value is -0.370. The van der Waals surface area contributed by atoms with E-state index in [1.807, 2.05) is 20.8 Å². The van der Waals surface area contributed by atoms with Crippen molar-refractivity contribution < 1.29 is 4.79 Å². The molecule has 0 saturated heterocycles. The molecule has 0 saturated carbocycles. The molecule has 0 aromatic rings. The molecule has 0 heterocycles. The quantitative estimate of drug-likeness (QED) is 0.717. The van der Waals surface area contributed by atoms with Crippen molar-refractivity contribution in [2.45, 2.75) is 54.0 Å². The number of hydrogen-bond donors (Lipinski definition) is 1. The van der Waals surface area contributed by atoms with Crippen LogP contribution in [0.4, 0.5) is 0 Å². The van der Waals surface area contributed by atoms with Gasteiger partial charge < -0.3 is 5.32 Å². The molecule has 0 aromatic heterocycles. The Morgan fingerprint density at radius 2 is 1.77 bits per heavy atom. The maximum absolute atomic E-state index is 11.0. The lowest BCUT2D eigenvalue weighted by Gasteiger charge is -2.16. The number of rotatable bonds is 5. The maximum atomic E-state index is 11.0. The first-order valence-corrected chi connectivity index (χ1v) is 5.31. The minimum atomic E-state index is 0.0694. The van der Waals surface area contributed by atoms with E-state index in [4.69, 9.17) is 0 Å². The van der Waals surface area contributed by atoms with E-state index in [9.17, 15) is 4.79 Å². The number of likely N-dealkylation sites (N-methyl/N-ethyl adjacent to an activating group) is 1. The summed E-state index contributed by atoms with van der Waals surface area (Å²) in [5.41, 5.74) is 0. The van der Waals surface area contributed by atoms with E-state index >= 15 is 0 Å². The molecule has 0 rings (SSSR count). The molecule has 13 heavy (non-hydrogen) atoms. The molecule has 2 nitrogen and oxygen atoms in total. The van der Waals surface area contributed by atoms with Crippen molar-refractivity contribution in [2.75, 3.05) is 6.54 Å². The van der Waals surface area contributed by atoms with Crippen LogP contribution in [0.15, 0.2) is 0 Å². The Balaban J connectivity index is 0. The van der Waals surface area contributed by atoms with Crippen LogP contribution >= 0.6 is 0 Å². The number of nitrogens with one attached hydrogen (secondary N) is 1. The van der Waals surface area contributed by atoms with Crippen LogP contribution in [0.3, 0.4) is 0 Å². The van der Waals surface area contributed by atoms with Gasteiger partial charge in [0, 0.05) is 0 Å². The van der Waals surface area contributed by atoms with E-state index in [0.29, 0.717) is 5.92 Å². The fourth-order valence-corrected chi connectivity index (χ4v) is 1.11. The van der Waals surface area contributed by atoms with E-state index in [2.05, 4.69) is 19.2 Å². The lowest BCUT2D eigenvalue weighted by molar-refractivity contribution is -0.119. The topological polar surface area (TPSA) is 29.1 Å². The number of carbonyl (C=O) groups excluding carboxylic acids is 1. The molecule has 0 spiro atoms. The second-order valence-electron chi connectivity index (χ2n) is 3.35. The average molecular weight is 187 g/mol. The third-order valence-electron chi connectivity index (χ3n) is 1.65. The van der Waals surface area contributed by atoms with Gasteiger partial charge in [-0.3, -0.25) is 4.79 Å². The zero-order chi connectivity index (χ0) is 10.9. The number of Topliss-reactive ketones (excluding diaryl/α,β-unsaturated/α-hetero) is 1. The van der Waals surface area contributed by atoms with Gasteiger partial charge in [-0.2, -0.15) is 0 Å². The Bertz CT molecular complexity index is 121. The lowest BCUT2D eigenvalue weighted by atomic mass is 10.0. The molecule has 0 aliphatic heterocycles. The van der Waals surface area contributed by atoms with Gasteiger partial charge in [-0.15, -0.1) is 0 Å². The second kappa shape index (κ2) is 9.72. The first-order chi connectivity index (χ1) is 6.07. The molecule has 1 atom stereocenters. The summed E-state index contributed by atoms with van der Waals surface area (Å²) >= 11 is 0. The van der Waals surface area contributed by atoms with Crippen molar-refractivity contribution in [2.24, 2.45) is 5.92 Å². The van der Waals surface area contributed by atoms with Gasteiger partial charge in [0.25, 0.3) is 0 Å². The van der Waals surface area contributed by atoms with Crippen LogP contribution in [0.25, 0.3) is 0 Å². The summed E-state index contributed by atoms with van der Waals surface area (Å²) in [4.78, 5) is 11.0. The highest BCUT2D eigenvalue weighted by molar-refractivity contribution is 5.81. The zero-order valence-electron chi connectivity index (χ0n) is 9.98. The molecule has 0 bridgehead atoms. The molecule has 0 amide bonds. The van der Waals surface area contributed by atoms with Crippen molar-refractivity contribution >= 4 is 5.78 Å². The standard InChI is InChI=1S/C9H19NO.C2H6/c1-5-10-9(8(4)11)6-7(2)3;1-2/h7,9-10H,5-6H2,1-4H3;1-2H3. The highest BCUT2D eigenvalue weighted by Gasteiger charge is 2.13. The molecule has 0 radical (unpaired) electrons. The van der Waals surface area contributed by atoms with Gasteiger partial charge >= 0.3 is 0 Å². The van der Waals surface area contributed by atoms with Crippen molar-refractivity contribution in [3.63, 3.8) is 0 Å². The molecule has 0 fully saturated rings. The maximum Gasteiger partial charge on any atom is 0.146 e. The van der Waals surface area contributed by atoms with Gasteiger partial charge in [-0.25, -0.2) is 0 Å². The van der Waals surface area contributed by atoms with E-state index in [1.54, 1.807) is 6.92 Å². The molecule has 1 N–H and O–H groups in total. The van der Waals surface area contributed by atoms with Crippen LogP contribution in [0, 0.1) is 5.92 Å². The number of hydrogen-bond acceptors (Lipinski definition) is 2. The summed E-state index contributed by atoms with van der Waals surface area (Å²) in [6, 6.07) is 0.0694. The highest BCUT2D eigenvalue weighted by Crippen LogP contribution is 2.04. The summed E-state index contributed by atoms with van der Waals surface area (Å²) in [5.74, 6) is 0.837. The molecular formula is C11H25NO. The predicted octanol–water partition coefficient (Wildman–Crippen LogP) is 2.63. The third-order valence-corrected chi connectivity index (χ3v) is 1.65. The fraction of sp³-hybridized carbons (Fsp3) is 0.909. The van der Waals surface area contributed by atoms with Crippen LogP contribution in [0.2, 0.25) is 0 Å². The van der Waals surface area contributed by atoms with E-state index in [0.717, 1.165) is 13.0 Å². The van der Waals surface area contributed by atoms with Crippen molar-refractivity contribution in [1.82, 2.24) is 5.32 Å². The Morgan fingerprint density at radius 3 is 2.00 bits per heavy atom. The number of ketones is 1. The van der Waals surface area contributed by atoms with Gasteiger partial charge in [0.2, 0.25) is 0 Å². The minimum Gasteiger partial charge on any atom is -0.308 e. The normalized spacial score (nSPS) is 11.9. The molecule has 0 aromatic carbocycles. The SMILES string of the molecule is CC.CCNC(CC(C)C)C(C)=O. The van der Waals surface area contributed by atoms with E-state index < -0.39 is 0 Å². The fourth-order valence-electron chi connectivity index (χ4n) is 1.11. The third kappa shape index (κ3) is 9.54. The van der Waals surface area contributed by atoms with Crippen LogP contribution in [0.5, 0.6) is 0 Å². The predicted molar refractivity (Wildman–Crippen MR) is 58.9 cm³/mol. The first kappa shape index (κ1) is 15.1. The smallest absolute Gasteiger partial charge is 0.146 e. The minimum absolute atomic E-state index is 0.0694. The van der Waals surface area contributed by atoms with Gasteiger partial charge in [-0.1, -0.05) is 34.6 Å². The van der Waals surface area contributed by atoms with Crippen molar-refractivity contribution in [1.29, 1.82) is 0 Å². The van der Waals surface area contributed by atoms with Crippen LogP contribution in [-0.2, 0) is 4.79 Å². The molecule has 0 aliphatic carbocycles. The first-order valence-electron chi connectivity index (χ1n) is 5.31. The van der Waals surface area contributed by atoms with Gasteiger partial charge in [-0.05, 0) is 25.8 Å². The summed E-state index contributed by atoms with van der Waals surface area (Å²) in [6.07, 6.45) is 0.948. The summed E-state index contributed by atoms with van der Waals surface area (Å²) in [6.45, 7) is 12.8. The lowest BCUT2D eigenvalue weighted by Crippen LogP contribution is -2.36. The summed E-state index contributed by atoms with van der Waals surface area (Å²) in [5, 5.41) is 3.16. The van der Waals surface area contributed by atoms with Crippen LogP contribution < -0.4 is 5.32 Å². The summed E-state index contributed by atoms with van der Waals surface area (Å²) in [7, 11) is 0. The van der Waals surface area contributed by atoms with E-state index in [-0.39, 0.29) is 11.8 Å². The average Bonchev–Trinajstić information content (AvgIpc) is 2.06. The Morgan fingerprint density at radius 1 is 1.31 bits per heavy atom. The van der Waals surface area contributed by atoms with Crippen LogP contribution in [0.1, 0.15) is 48.0 Å². The van der Waals surface area contributed by atoms with Crippen LogP contribution in [-0.4, -0.2) is 18.4 Å². The zero-order valence-corrected chi connectivity index (χ0v) is 9.98. The monoisotopic (exact) mass is 187 g/mol. The molecular weight excluding hydrogens is 162 g/mol. The molecule has 2 heteroatoms. The Labute approximate surface area is 83.1 Å². The van der Waals surface area contributed by atoms with Gasteiger partial charge in [0.1, 0.15) is 5.78 Å². The van der Waals surface area contributed by atoms with Crippen molar-refractivity contribution in [3.05, 3.63) is 0 Å². The second-order valence-corrected chi connectivity index (χ2v) is 3.35. The largest absolute Gasteiger partial charge is 0.308 e. The van der Waals surface area contributed by atoms with E-state index in [1.165, 1.54) is 0 Å². The number of carbonyl (C=O) groups is 1. The molecule has 80 valence electrons. The summed E-state index contributed by atoms with van der Waals surface area (Å²) < 4.78 is 0. The van der Waals surface area contributed by atoms with Gasteiger partial charge in [0.15, 0.2) is 0 Å². The molecule has 0 aliphatic rings. The Kier molecular flexibility index (Phi) is 11.3. The molecule has 1 unspecified atom stereocenters.